The zero-order valence-electron chi connectivity index (χ0n) is 13.6. The van der Waals surface area contributed by atoms with Crippen LogP contribution in [0, 0.1) is 0 Å². The van der Waals surface area contributed by atoms with E-state index in [1.54, 1.807) is 10.9 Å². The Balaban J connectivity index is 1.31. The first-order chi connectivity index (χ1) is 12.7. The van der Waals surface area contributed by atoms with Crippen LogP contribution in [0.15, 0.2) is 35.6 Å². The van der Waals surface area contributed by atoms with Gasteiger partial charge < -0.3 is 5.32 Å². The highest BCUT2D eigenvalue weighted by Crippen LogP contribution is 2.36. The van der Waals surface area contributed by atoms with Crippen molar-refractivity contribution < 1.29 is 4.79 Å². The van der Waals surface area contributed by atoms with Crippen LogP contribution in [-0.4, -0.2) is 36.9 Å². The van der Waals surface area contributed by atoms with Crippen LogP contribution in [0.25, 0.3) is 0 Å². The lowest BCUT2D eigenvalue weighted by atomic mass is 10.1. The van der Waals surface area contributed by atoms with Gasteiger partial charge in [-0.15, -0.1) is 16.4 Å². The zero-order valence-corrected chi connectivity index (χ0v) is 16.0. The van der Waals surface area contributed by atoms with Crippen LogP contribution < -0.4 is 5.32 Å². The average molecular weight is 407 g/mol. The molecule has 10 heteroatoms. The first kappa shape index (κ1) is 17.4. The van der Waals surface area contributed by atoms with Crippen molar-refractivity contribution in [2.75, 3.05) is 11.1 Å². The van der Waals surface area contributed by atoms with Gasteiger partial charge in [0.25, 0.3) is 0 Å². The second-order valence-corrected chi connectivity index (χ2v) is 8.34. The molecule has 1 aliphatic rings. The molecule has 2 heterocycles. The summed E-state index contributed by atoms with van der Waals surface area (Å²) >= 11 is 8.97. The van der Waals surface area contributed by atoms with Gasteiger partial charge in [0.1, 0.15) is 0 Å². The van der Waals surface area contributed by atoms with Crippen LogP contribution in [0.4, 0.5) is 5.13 Å². The molecule has 0 aliphatic heterocycles. The number of anilines is 1. The Kier molecular flexibility index (Phi) is 5.18. The molecule has 3 aromatic rings. The lowest BCUT2D eigenvalue weighted by Crippen LogP contribution is -2.14. The van der Waals surface area contributed by atoms with E-state index in [-0.39, 0.29) is 11.7 Å². The van der Waals surface area contributed by atoms with E-state index in [9.17, 15) is 4.79 Å². The molecule has 1 fully saturated rings. The molecule has 1 aromatic carbocycles. The molecule has 0 atom stereocenters. The maximum atomic E-state index is 12.2. The number of thioether (sulfide) groups is 1. The number of nitrogens with one attached hydrogen (secondary N) is 1. The fourth-order valence-corrected chi connectivity index (χ4v) is 4.19. The molecular weight excluding hydrogens is 392 g/mol. The third-order valence-corrected chi connectivity index (χ3v) is 6.03. The molecule has 0 spiro atoms. The Morgan fingerprint density at radius 3 is 3.04 bits per heavy atom. The minimum Gasteiger partial charge on any atom is -0.301 e. The highest BCUT2D eigenvalue weighted by molar-refractivity contribution is 7.99. The number of aromatic nitrogens is 5. The van der Waals surface area contributed by atoms with E-state index in [0.29, 0.717) is 22.8 Å². The molecular formula is C16H15ClN6OS2. The van der Waals surface area contributed by atoms with E-state index in [4.69, 9.17) is 11.6 Å². The van der Waals surface area contributed by atoms with Crippen LogP contribution in [0.2, 0.25) is 5.02 Å². The quantitative estimate of drug-likeness (QED) is 0.605. The molecule has 0 unspecified atom stereocenters. The highest BCUT2D eigenvalue weighted by Gasteiger charge is 2.28. The number of hydrogen-bond donors (Lipinski definition) is 1. The monoisotopic (exact) mass is 406 g/mol. The van der Waals surface area contributed by atoms with Gasteiger partial charge in [-0.05, 0) is 34.9 Å². The van der Waals surface area contributed by atoms with E-state index in [1.165, 1.54) is 23.1 Å². The molecule has 134 valence electrons. The number of nitrogens with zero attached hydrogens (tertiary/aromatic N) is 5. The fraction of sp³-hybridized carbons (Fsp3) is 0.312. The van der Waals surface area contributed by atoms with Crippen LogP contribution in [0.3, 0.4) is 0 Å². The Morgan fingerprint density at radius 2 is 2.23 bits per heavy atom. The Hall–Kier alpha value is -1.97. The standard InChI is InChI=1S/C16H15ClN6OS2/c17-13-4-2-1-3-10(13)7-12-8-18-15(26-12)19-14(24)9-25-16-20-21-22-23(16)11-5-6-11/h1-4,8,11H,5-7,9H2,(H,18,19,24). The number of benzene rings is 1. The normalized spacial score (nSPS) is 13.7. The predicted octanol–water partition coefficient (Wildman–Crippen LogP) is 3.44. The van der Waals surface area contributed by atoms with Crippen molar-refractivity contribution in [1.82, 2.24) is 25.2 Å². The second kappa shape index (κ2) is 7.73. The van der Waals surface area contributed by atoms with Gasteiger partial charge in [0, 0.05) is 22.5 Å². The number of halogens is 1. The Bertz CT molecular complexity index is 923. The number of tetrazole rings is 1. The van der Waals surface area contributed by atoms with E-state index in [2.05, 4.69) is 25.8 Å². The minimum atomic E-state index is -0.126. The Labute approximate surface area is 163 Å². The zero-order chi connectivity index (χ0) is 17.9. The van der Waals surface area contributed by atoms with Crippen molar-refractivity contribution in [3.05, 3.63) is 45.9 Å². The molecule has 1 amide bonds. The predicted molar refractivity (Wildman–Crippen MR) is 102 cm³/mol. The maximum Gasteiger partial charge on any atom is 0.236 e. The summed E-state index contributed by atoms with van der Waals surface area (Å²) in [5.74, 6) is 0.117. The number of hydrogen-bond acceptors (Lipinski definition) is 7. The summed E-state index contributed by atoms with van der Waals surface area (Å²) in [5.41, 5.74) is 1.04. The third-order valence-electron chi connectivity index (χ3n) is 3.81. The third kappa shape index (κ3) is 4.22. The van der Waals surface area contributed by atoms with E-state index >= 15 is 0 Å². The van der Waals surface area contributed by atoms with E-state index < -0.39 is 0 Å². The van der Waals surface area contributed by atoms with Gasteiger partial charge in [-0.1, -0.05) is 41.6 Å². The summed E-state index contributed by atoms with van der Waals surface area (Å²) in [7, 11) is 0. The smallest absolute Gasteiger partial charge is 0.236 e. The van der Waals surface area contributed by atoms with Crippen molar-refractivity contribution in [3.63, 3.8) is 0 Å². The van der Waals surface area contributed by atoms with Crippen LogP contribution in [0.1, 0.15) is 29.3 Å². The van der Waals surface area contributed by atoms with Crippen molar-refractivity contribution in [2.24, 2.45) is 0 Å². The SMILES string of the molecule is O=C(CSc1nnnn1C1CC1)Nc1ncc(Cc2ccccc2Cl)s1. The van der Waals surface area contributed by atoms with Crippen molar-refractivity contribution in [2.45, 2.75) is 30.5 Å². The largest absolute Gasteiger partial charge is 0.301 e. The van der Waals surface area contributed by atoms with Crippen LogP contribution in [-0.2, 0) is 11.2 Å². The highest BCUT2D eigenvalue weighted by atomic mass is 35.5. The molecule has 1 N–H and O–H groups in total. The van der Waals surface area contributed by atoms with Gasteiger partial charge in [-0.2, -0.15) is 0 Å². The van der Waals surface area contributed by atoms with Crippen molar-refractivity contribution in [1.29, 1.82) is 0 Å². The van der Waals surface area contributed by atoms with E-state index in [0.717, 1.165) is 28.3 Å². The Morgan fingerprint density at radius 1 is 1.38 bits per heavy atom. The first-order valence-corrected chi connectivity index (χ1v) is 10.3. The van der Waals surface area contributed by atoms with Gasteiger partial charge in [-0.3, -0.25) is 4.79 Å². The summed E-state index contributed by atoms with van der Waals surface area (Å²) < 4.78 is 1.79. The average Bonchev–Trinajstić information content (AvgIpc) is 3.20. The molecule has 0 saturated heterocycles. The lowest BCUT2D eigenvalue weighted by molar-refractivity contribution is -0.113. The molecule has 7 nitrogen and oxygen atoms in total. The molecule has 26 heavy (non-hydrogen) atoms. The minimum absolute atomic E-state index is 0.126. The number of amides is 1. The van der Waals surface area contributed by atoms with Crippen LogP contribution in [0.5, 0.6) is 0 Å². The summed E-state index contributed by atoms with van der Waals surface area (Å²) in [4.78, 5) is 17.5. The van der Waals surface area contributed by atoms with E-state index in [1.807, 2.05) is 24.3 Å². The van der Waals surface area contributed by atoms with Gasteiger partial charge in [0.05, 0.1) is 11.8 Å². The topological polar surface area (TPSA) is 85.6 Å². The molecule has 1 saturated carbocycles. The van der Waals surface area contributed by atoms with Gasteiger partial charge in [0.15, 0.2) is 5.13 Å². The van der Waals surface area contributed by atoms with Gasteiger partial charge in [-0.25, -0.2) is 9.67 Å². The molecule has 2 aromatic heterocycles. The number of carbonyl (C=O) groups excluding carboxylic acids is 1. The second-order valence-electron chi connectivity index (χ2n) is 5.87. The molecule has 1 aliphatic carbocycles. The number of thiazole rings is 1. The lowest BCUT2D eigenvalue weighted by Gasteiger charge is -2.02. The van der Waals surface area contributed by atoms with Crippen molar-refractivity contribution in [3.8, 4) is 0 Å². The van der Waals surface area contributed by atoms with Crippen molar-refractivity contribution >= 4 is 45.7 Å². The molecule has 4 rings (SSSR count). The number of carbonyl (C=O) groups is 1. The summed E-state index contributed by atoms with van der Waals surface area (Å²) in [6.07, 6.45) is 4.65. The maximum absolute atomic E-state index is 12.2. The summed E-state index contributed by atoms with van der Waals surface area (Å²) in [6, 6.07) is 8.11. The number of rotatable bonds is 7. The molecule has 0 bridgehead atoms. The van der Waals surface area contributed by atoms with Crippen LogP contribution >= 0.6 is 34.7 Å². The molecule has 0 radical (unpaired) electrons. The summed E-state index contributed by atoms with van der Waals surface area (Å²) in [5, 5.41) is 16.5. The first-order valence-electron chi connectivity index (χ1n) is 8.07. The van der Waals surface area contributed by atoms with Gasteiger partial charge >= 0.3 is 0 Å². The summed E-state index contributed by atoms with van der Waals surface area (Å²) in [6.45, 7) is 0. The fourth-order valence-electron chi connectivity index (χ4n) is 2.39. The van der Waals surface area contributed by atoms with Gasteiger partial charge in [0.2, 0.25) is 11.1 Å².